The van der Waals surface area contributed by atoms with Gasteiger partial charge in [-0.2, -0.15) is 12.3 Å². The summed E-state index contributed by atoms with van der Waals surface area (Å²) in [6.07, 6.45) is 4.62. The molecule has 0 aliphatic heterocycles. The number of ether oxygens (including phenoxy) is 3. The minimum Gasteiger partial charge on any atom is -0.481 e. The van der Waals surface area contributed by atoms with Crippen LogP contribution in [0.15, 0.2) is 24.3 Å². The first-order valence-corrected chi connectivity index (χ1v) is 18.5. The molecule has 0 aliphatic rings. The molecule has 7 N–H and O–H groups in total. The Morgan fingerprint density at radius 3 is 2.00 bits per heavy atom. The van der Waals surface area contributed by atoms with E-state index in [0.29, 0.717) is 58.2 Å². The fraction of sp³-hybridized carbons (Fsp3) is 0.692. The Morgan fingerprint density at radius 2 is 1.51 bits per heavy atom. The molecule has 3 amide bonds. The first kappa shape index (κ1) is 58.8. The summed E-state index contributed by atoms with van der Waals surface area (Å²) in [5.41, 5.74) is 5.30. The zero-order valence-electron chi connectivity index (χ0n) is 34.7. The van der Waals surface area contributed by atoms with E-state index in [0.717, 1.165) is 18.6 Å². The molecule has 1 aromatic rings. The monoisotopic (exact) mass is 955 g/mol. The van der Waals surface area contributed by atoms with E-state index in [4.69, 9.17) is 29.2 Å². The molecule has 0 bridgehead atoms. The second-order valence-corrected chi connectivity index (χ2v) is 13.9. The Kier molecular flexibility index (Phi) is 39.2. The van der Waals surface area contributed by atoms with Crippen molar-refractivity contribution in [2.75, 3.05) is 66.4 Å². The molecular formula is C39H71N4O11W-. The van der Waals surface area contributed by atoms with Crippen molar-refractivity contribution in [1.29, 1.82) is 0 Å². The number of primary amides is 1. The van der Waals surface area contributed by atoms with Crippen molar-refractivity contribution < 1.29 is 74.6 Å². The molecule has 55 heavy (non-hydrogen) atoms. The van der Waals surface area contributed by atoms with Crippen LogP contribution in [0, 0.1) is 17.3 Å². The van der Waals surface area contributed by atoms with Crippen molar-refractivity contribution in [1.82, 2.24) is 15.5 Å². The number of hydrogen-bond donors (Lipinski definition) is 6. The summed E-state index contributed by atoms with van der Waals surface area (Å²) in [5, 5.41) is 32.0. The van der Waals surface area contributed by atoms with Gasteiger partial charge in [0, 0.05) is 71.3 Å². The third-order valence-corrected chi connectivity index (χ3v) is 7.38. The minimum absolute atomic E-state index is 0. The second kappa shape index (κ2) is 36.7. The number of benzene rings is 1. The van der Waals surface area contributed by atoms with Crippen molar-refractivity contribution in [3.8, 4) is 0 Å². The predicted molar refractivity (Wildman–Crippen MR) is 210 cm³/mol. The van der Waals surface area contributed by atoms with Gasteiger partial charge in [-0.15, -0.1) is 0 Å². The molecule has 1 atom stereocenters. The fourth-order valence-corrected chi connectivity index (χ4v) is 3.95. The zero-order chi connectivity index (χ0) is 42.0. The molecule has 1 rings (SSSR count). The summed E-state index contributed by atoms with van der Waals surface area (Å²) in [6.45, 7) is 21.1. The largest absolute Gasteiger partial charge is 0.481 e. The normalized spacial score (nSPS) is 11.2. The molecule has 16 heteroatoms. The van der Waals surface area contributed by atoms with E-state index in [1.165, 1.54) is 6.42 Å². The molecule has 0 radical (unpaired) electrons. The maximum Gasteiger partial charge on any atom is 0.326 e. The van der Waals surface area contributed by atoms with Gasteiger partial charge in [0.05, 0.1) is 39.5 Å². The van der Waals surface area contributed by atoms with Gasteiger partial charge in [-0.25, -0.2) is 4.79 Å². The molecule has 0 heterocycles. The van der Waals surface area contributed by atoms with E-state index in [1.807, 2.05) is 25.7 Å². The number of carbonyl (C=O) groups is 5. The minimum atomic E-state index is -1.22. The second-order valence-electron chi connectivity index (χ2n) is 13.9. The molecule has 1 unspecified atom stereocenters. The average Bonchev–Trinajstić information content (AvgIpc) is 3.11. The molecular weight excluding hydrogens is 884 g/mol. The number of rotatable bonds is 25. The van der Waals surface area contributed by atoms with Gasteiger partial charge in [0.15, 0.2) is 0 Å². The van der Waals surface area contributed by atoms with Crippen LogP contribution in [0.5, 0.6) is 0 Å². The molecule has 1 aromatic carbocycles. The number of carboxylic acids is 2. The number of nitrogens with two attached hydrogens (primary N) is 1. The van der Waals surface area contributed by atoms with Crippen molar-refractivity contribution in [3.63, 3.8) is 0 Å². The number of aliphatic hydroxyl groups excluding tert-OH is 1. The number of nitrogens with one attached hydrogen (secondary N) is 2. The third-order valence-electron chi connectivity index (χ3n) is 7.38. The van der Waals surface area contributed by atoms with Crippen molar-refractivity contribution in [2.45, 2.75) is 100 Å². The molecule has 0 aromatic heterocycles. The number of carboxylic acid groups (broad SMARTS) is 2. The Balaban J connectivity index is -0.000000602. The number of carbonyl (C=O) groups excluding carboxylic acids is 3. The van der Waals surface area contributed by atoms with Gasteiger partial charge in [0.1, 0.15) is 6.04 Å². The number of aliphatic carboxylic acids is 2. The summed E-state index contributed by atoms with van der Waals surface area (Å²) in [5.74, 6) is -2.95. The van der Waals surface area contributed by atoms with Gasteiger partial charge in [-0.05, 0) is 38.1 Å². The Hall–Kier alpha value is -2.94. The smallest absolute Gasteiger partial charge is 0.326 e. The summed E-state index contributed by atoms with van der Waals surface area (Å²) in [4.78, 5) is 57.6. The van der Waals surface area contributed by atoms with Crippen LogP contribution in [0.1, 0.15) is 103 Å². The van der Waals surface area contributed by atoms with Crippen molar-refractivity contribution in [3.05, 3.63) is 41.8 Å². The first-order chi connectivity index (χ1) is 25.4. The van der Waals surface area contributed by atoms with Gasteiger partial charge >= 0.3 is 11.9 Å². The Bertz CT molecular complexity index is 1140. The van der Waals surface area contributed by atoms with Gasteiger partial charge in [0.2, 0.25) is 12.3 Å². The third kappa shape index (κ3) is 37.7. The van der Waals surface area contributed by atoms with Gasteiger partial charge in [-0.1, -0.05) is 66.5 Å². The van der Waals surface area contributed by atoms with Crippen LogP contribution in [0.25, 0.3) is 0 Å². The molecule has 0 saturated heterocycles. The van der Waals surface area contributed by atoms with Gasteiger partial charge in [-0.3, -0.25) is 19.2 Å². The van der Waals surface area contributed by atoms with Crippen molar-refractivity contribution >= 4 is 30.2 Å². The summed E-state index contributed by atoms with van der Waals surface area (Å²) in [6, 6.07) is 5.42. The Morgan fingerprint density at radius 1 is 0.945 bits per heavy atom. The quantitative estimate of drug-likeness (QED) is 0.0466. The summed E-state index contributed by atoms with van der Waals surface area (Å²) in [7, 11) is 1.80. The van der Waals surface area contributed by atoms with Crippen LogP contribution < -0.4 is 16.4 Å². The standard InChI is InChI=1S/C26H41N3O8.C9H19O2.C3H8.CH3NO.W/c1-5-36-14-15-37-18-26(2,3)17-27-22(30)11-10-21(25(34)35)28-24(33)20-8-6-19(7-9-20)16-29(4)13-12-23(31)32;1-4-9(2,3)5-7-11-8-6-10;1-3-2;2-1-3;/h6-9,21H,5,10-18H2,1-4H3,(H,27,30)(H,28,33)(H,31,32)(H,34,35);4,10H,5-8H2,1-3H3;3H2,1-2H3;1H,(H2,2,3);/q;-1;;;. The maximum absolute atomic E-state index is 12.6. The van der Waals surface area contributed by atoms with Crippen LogP contribution >= 0.6 is 0 Å². The van der Waals surface area contributed by atoms with Crippen LogP contribution in [0.2, 0.25) is 0 Å². The van der Waals surface area contributed by atoms with Crippen LogP contribution in [-0.2, 0) is 61.0 Å². The summed E-state index contributed by atoms with van der Waals surface area (Å²) >= 11 is 0. The number of hydrogen-bond acceptors (Lipinski definition) is 10. The summed E-state index contributed by atoms with van der Waals surface area (Å²) < 4.78 is 15.9. The fourth-order valence-electron chi connectivity index (χ4n) is 3.95. The predicted octanol–water partition coefficient (Wildman–Crippen LogP) is 3.90. The molecule has 0 saturated carbocycles. The molecule has 0 spiro atoms. The molecule has 0 fully saturated rings. The maximum atomic E-state index is 12.6. The van der Waals surface area contributed by atoms with E-state index in [1.54, 1.807) is 31.3 Å². The Labute approximate surface area is 344 Å². The molecule has 15 nitrogen and oxygen atoms in total. The first-order valence-electron chi connectivity index (χ1n) is 18.5. The number of nitrogens with zero attached hydrogens (tertiary/aromatic N) is 1. The van der Waals surface area contributed by atoms with Gasteiger partial charge in [0.25, 0.3) is 5.91 Å². The van der Waals surface area contributed by atoms with E-state index in [9.17, 15) is 24.3 Å². The van der Waals surface area contributed by atoms with Crippen LogP contribution in [0.4, 0.5) is 0 Å². The SMILES string of the molecule is CCC.CCOCCOCC(C)(C)CNC(=O)CCC(NC(=O)c1ccc(CN(C)CCC(=O)O)cc1)C(=O)O.C[CH-]C(C)(C)CCOCCO.NC=O.[W]. The van der Waals surface area contributed by atoms with E-state index < -0.39 is 23.9 Å². The van der Waals surface area contributed by atoms with Crippen molar-refractivity contribution in [2.24, 2.45) is 16.6 Å². The van der Waals surface area contributed by atoms with Gasteiger partial charge < -0.3 is 57.2 Å². The van der Waals surface area contributed by atoms with Crippen LogP contribution in [-0.4, -0.2) is 123 Å². The molecule has 0 aliphatic carbocycles. The van der Waals surface area contributed by atoms with Crippen LogP contribution in [0.3, 0.4) is 0 Å². The number of aliphatic hydroxyl groups is 1. The topological polar surface area (TPSA) is 227 Å². The molecule has 320 valence electrons. The van der Waals surface area contributed by atoms with E-state index in [2.05, 4.69) is 57.4 Å². The van der Waals surface area contributed by atoms with E-state index >= 15 is 0 Å². The number of amides is 3. The zero-order valence-corrected chi connectivity index (χ0v) is 37.6. The van der Waals surface area contributed by atoms with E-state index in [-0.39, 0.29) is 70.1 Å². The average molecular weight is 956 g/mol.